The number of nitrogens with one attached hydrogen (secondary N) is 1. The van der Waals surface area contributed by atoms with Crippen LogP contribution in [-0.4, -0.2) is 90.0 Å². The van der Waals surface area contributed by atoms with Crippen LogP contribution in [0.3, 0.4) is 0 Å². The van der Waals surface area contributed by atoms with Gasteiger partial charge in [-0.2, -0.15) is 0 Å². The van der Waals surface area contributed by atoms with E-state index in [-0.39, 0.29) is 17.9 Å². The predicted molar refractivity (Wildman–Crippen MR) is 92.2 cm³/mol. The Morgan fingerprint density at radius 3 is 2.57 bits per heavy atom. The van der Waals surface area contributed by atoms with Gasteiger partial charge in [0.15, 0.2) is 0 Å². The summed E-state index contributed by atoms with van der Waals surface area (Å²) in [7, 11) is 0. The highest BCUT2D eigenvalue weighted by Crippen LogP contribution is 2.23. The van der Waals surface area contributed by atoms with Gasteiger partial charge in [-0.15, -0.1) is 11.8 Å². The average Bonchev–Trinajstić information content (AvgIpc) is 3.26. The lowest BCUT2D eigenvalue weighted by Crippen LogP contribution is -2.48. The topological polar surface area (TPSA) is 55.9 Å². The van der Waals surface area contributed by atoms with Crippen LogP contribution in [0, 0.1) is 5.92 Å². The van der Waals surface area contributed by atoms with Crippen LogP contribution in [0.15, 0.2) is 0 Å². The molecule has 3 saturated heterocycles. The molecule has 0 aromatic rings. The van der Waals surface area contributed by atoms with Gasteiger partial charge in [0.2, 0.25) is 11.8 Å². The van der Waals surface area contributed by atoms with Crippen LogP contribution in [0.4, 0.5) is 0 Å². The number of rotatable bonds is 4. The van der Waals surface area contributed by atoms with Crippen molar-refractivity contribution in [3.05, 3.63) is 0 Å². The molecular weight excluding hydrogens is 312 g/mol. The molecular formula is C16H28N4O2S. The zero-order valence-corrected chi connectivity index (χ0v) is 14.8. The van der Waals surface area contributed by atoms with Crippen molar-refractivity contribution in [1.29, 1.82) is 0 Å². The van der Waals surface area contributed by atoms with Crippen LogP contribution in [0.25, 0.3) is 0 Å². The molecule has 0 saturated carbocycles. The lowest BCUT2D eigenvalue weighted by Gasteiger charge is -2.34. The van der Waals surface area contributed by atoms with Crippen LogP contribution in [-0.2, 0) is 9.59 Å². The molecule has 3 fully saturated rings. The van der Waals surface area contributed by atoms with Gasteiger partial charge in [0.1, 0.15) is 0 Å². The maximum absolute atomic E-state index is 12.5. The van der Waals surface area contributed by atoms with Crippen molar-refractivity contribution >= 4 is 23.6 Å². The number of thioether (sulfide) groups is 1. The van der Waals surface area contributed by atoms with Crippen molar-refractivity contribution in [3.63, 3.8) is 0 Å². The lowest BCUT2D eigenvalue weighted by molar-refractivity contribution is -0.134. The molecule has 0 spiro atoms. The van der Waals surface area contributed by atoms with Gasteiger partial charge in [-0.25, -0.2) is 0 Å². The van der Waals surface area contributed by atoms with E-state index in [1.807, 2.05) is 21.6 Å². The molecule has 3 rings (SSSR count). The lowest BCUT2D eigenvalue weighted by atomic mass is 10.00. The van der Waals surface area contributed by atoms with E-state index in [2.05, 4.69) is 17.1 Å². The minimum absolute atomic E-state index is 0.0801. The fraction of sp³-hybridized carbons (Fsp3) is 0.875. The Balaban J connectivity index is 1.42. The summed E-state index contributed by atoms with van der Waals surface area (Å²) < 4.78 is 0. The molecule has 6 nitrogen and oxygen atoms in total. The van der Waals surface area contributed by atoms with Gasteiger partial charge in [-0.3, -0.25) is 9.59 Å². The highest BCUT2D eigenvalue weighted by molar-refractivity contribution is 7.99. The first-order valence-corrected chi connectivity index (χ1v) is 9.93. The van der Waals surface area contributed by atoms with E-state index in [1.165, 1.54) is 0 Å². The summed E-state index contributed by atoms with van der Waals surface area (Å²) in [5.41, 5.74) is 0. The summed E-state index contributed by atoms with van der Waals surface area (Å²) in [6.07, 6.45) is 1.39. The van der Waals surface area contributed by atoms with Gasteiger partial charge in [0, 0.05) is 44.9 Å². The van der Waals surface area contributed by atoms with Crippen molar-refractivity contribution in [2.24, 2.45) is 5.92 Å². The van der Waals surface area contributed by atoms with Gasteiger partial charge < -0.3 is 20.0 Å². The van der Waals surface area contributed by atoms with Crippen LogP contribution in [0.5, 0.6) is 0 Å². The Hall–Kier alpha value is -0.790. The van der Waals surface area contributed by atoms with Gasteiger partial charge in [0.05, 0.1) is 11.9 Å². The molecule has 1 N–H and O–H groups in total. The van der Waals surface area contributed by atoms with Gasteiger partial charge in [0.25, 0.3) is 0 Å². The fourth-order valence-corrected chi connectivity index (χ4v) is 4.61. The second-order valence-corrected chi connectivity index (χ2v) is 7.80. The zero-order valence-electron chi connectivity index (χ0n) is 14.0. The normalized spacial score (nSPS) is 29.3. The molecule has 3 heterocycles. The third kappa shape index (κ3) is 4.19. The molecule has 2 atom stereocenters. The van der Waals surface area contributed by atoms with E-state index >= 15 is 0 Å². The van der Waals surface area contributed by atoms with Gasteiger partial charge >= 0.3 is 0 Å². The van der Waals surface area contributed by atoms with E-state index in [9.17, 15) is 9.59 Å². The fourth-order valence-electron chi connectivity index (χ4n) is 3.65. The third-order valence-corrected chi connectivity index (χ3v) is 6.19. The van der Waals surface area contributed by atoms with E-state index in [0.29, 0.717) is 12.3 Å². The Kier molecular flexibility index (Phi) is 5.82. The first kappa shape index (κ1) is 17.0. The van der Waals surface area contributed by atoms with Crippen molar-refractivity contribution in [2.45, 2.75) is 25.8 Å². The van der Waals surface area contributed by atoms with E-state index < -0.39 is 0 Å². The molecule has 23 heavy (non-hydrogen) atoms. The molecule has 0 radical (unpaired) electrons. The number of hydrogen-bond donors (Lipinski definition) is 1. The number of likely N-dealkylation sites (N-methyl/N-ethyl adjacent to an activating group) is 1. The molecule has 3 aliphatic rings. The molecule has 0 aromatic carbocycles. The number of amides is 2. The number of carbonyl (C=O) groups is 2. The number of hydrogen-bond acceptors (Lipinski definition) is 5. The Morgan fingerprint density at radius 1 is 1.13 bits per heavy atom. The number of piperazine rings is 1. The van der Waals surface area contributed by atoms with Crippen molar-refractivity contribution in [1.82, 2.24) is 20.0 Å². The average molecular weight is 340 g/mol. The summed E-state index contributed by atoms with van der Waals surface area (Å²) in [4.78, 5) is 31.2. The standard InChI is InChI=1S/C16H28N4O2S/c1-2-18-3-5-19(6-4-18)15(21)10-13-9-14(17-11-13)16(22)20-7-8-23-12-20/h13-14,17H,2-12H2,1H3/t13-,14?/m0/s1. The molecule has 2 amide bonds. The molecule has 130 valence electrons. The molecule has 1 unspecified atom stereocenters. The molecule has 7 heteroatoms. The molecule has 0 aromatic heterocycles. The summed E-state index contributed by atoms with van der Waals surface area (Å²) in [6.45, 7) is 8.55. The largest absolute Gasteiger partial charge is 0.340 e. The second kappa shape index (κ2) is 7.85. The Labute approximate surface area is 142 Å². The minimum atomic E-state index is -0.0801. The number of carbonyl (C=O) groups excluding carboxylic acids is 2. The maximum atomic E-state index is 12.5. The first-order chi connectivity index (χ1) is 11.2. The Bertz CT molecular complexity index is 434. The second-order valence-electron chi connectivity index (χ2n) is 6.72. The maximum Gasteiger partial charge on any atom is 0.240 e. The molecule has 0 bridgehead atoms. The smallest absolute Gasteiger partial charge is 0.240 e. The Morgan fingerprint density at radius 2 is 1.91 bits per heavy atom. The van der Waals surface area contributed by atoms with Crippen LogP contribution < -0.4 is 5.32 Å². The van der Waals surface area contributed by atoms with Crippen LogP contribution >= 0.6 is 11.8 Å². The van der Waals surface area contributed by atoms with E-state index in [1.54, 1.807) is 0 Å². The van der Waals surface area contributed by atoms with Crippen molar-refractivity contribution < 1.29 is 9.59 Å². The highest BCUT2D eigenvalue weighted by Gasteiger charge is 2.35. The van der Waals surface area contributed by atoms with E-state index in [4.69, 9.17) is 0 Å². The van der Waals surface area contributed by atoms with Gasteiger partial charge in [-0.1, -0.05) is 6.92 Å². The minimum Gasteiger partial charge on any atom is -0.340 e. The zero-order chi connectivity index (χ0) is 16.2. The number of nitrogens with zero attached hydrogens (tertiary/aromatic N) is 3. The molecule has 0 aliphatic carbocycles. The summed E-state index contributed by atoms with van der Waals surface area (Å²) in [6, 6.07) is -0.0801. The quantitative estimate of drug-likeness (QED) is 0.784. The highest BCUT2D eigenvalue weighted by atomic mass is 32.2. The summed E-state index contributed by atoms with van der Waals surface area (Å²) in [5.74, 6) is 2.65. The summed E-state index contributed by atoms with van der Waals surface area (Å²) in [5, 5.41) is 3.33. The third-order valence-electron chi connectivity index (χ3n) is 5.22. The monoisotopic (exact) mass is 340 g/mol. The predicted octanol–water partition coefficient (Wildman–Crippen LogP) is 0.0516. The SMILES string of the molecule is CCN1CCN(C(=O)C[C@H]2CNC(C(=O)N3CCSC3)C2)CC1. The van der Waals surface area contributed by atoms with Crippen molar-refractivity contribution in [3.8, 4) is 0 Å². The van der Waals surface area contributed by atoms with E-state index in [0.717, 1.165) is 63.9 Å². The van der Waals surface area contributed by atoms with Gasteiger partial charge in [-0.05, 0) is 25.4 Å². The van der Waals surface area contributed by atoms with Crippen molar-refractivity contribution in [2.75, 3.05) is 57.4 Å². The van der Waals surface area contributed by atoms with Crippen LogP contribution in [0.2, 0.25) is 0 Å². The molecule has 3 aliphatic heterocycles. The summed E-state index contributed by atoms with van der Waals surface area (Å²) >= 11 is 1.81. The van der Waals surface area contributed by atoms with Crippen LogP contribution in [0.1, 0.15) is 19.8 Å². The first-order valence-electron chi connectivity index (χ1n) is 8.77.